The highest BCUT2D eigenvalue weighted by Gasteiger charge is 2.38. The lowest BCUT2D eigenvalue weighted by molar-refractivity contribution is -0.114. The quantitative estimate of drug-likeness (QED) is 0.268. The minimum absolute atomic E-state index is 0.000913. The third kappa shape index (κ3) is 5.42. The van der Waals surface area contributed by atoms with E-state index >= 15 is 0 Å². The van der Waals surface area contributed by atoms with Gasteiger partial charge in [0, 0.05) is 5.69 Å². The molecule has 170 valence electrons. The third-order valence-corrected chi connectivity index (χ3v) is 6.81. The van der Waals surface area contributed by atoms with Crippen molar-refractivity contribution >= 4 is 29.4 Å². The molecule has 3 aromatic carbocycles. The topological polar surface area (TPSA) is 38.8 Å². The molecule has 0 radical (unpaired) electrons. The maximum atomic E-state index is 13.5. The van der Waals surface area contributed by atoms with Gasteiger partial charge in [0.1, 0.15) is 16.9 Å². The normalized spacial score (nSPS) is 16.9. The van der Waals surface area contributed by atoms with Gasteiger partial charge in [-0.05, 0) is 66.9 Å². The number of hydrogen-bond donors (Lipinski definition) is 0. The number of thioether (sulfide) groups is 1. The van der Waals surface area contributed by atoms with Gasteiger partial charge in [0.25, 0.3) is 5.91 Å². The van der Waals surface area contributed by atoms with E-state index in [2.05, 4.69) is 38.1 Å². The first-order valence-corrected chi connectivity index (χ1v) is 12.1. The second-order valence-electron chi connectivity index (χ2n) is 8.03. The van der Waals surface area contributed by atoms with Crippen LogP contribution in [0, 0.1) is 6.92 Å². The van der Waals surface area contributed by atoms with E-state index in [1.807, 2.05) is 59.5 Å². The summed E-state index contributed by atoms with van der Waals surface area (Å²) in [6.07, 6.45) is 4.11. The molecule has 1 atom stereocenters. The van der Waals surface area contributed by atoms with Crippen molar-refractivity contribution in [3.05, 3.63) is 94.4 Å². The van der Waals surface area contributed by atoms with Gasteiger partial charge in [-0.2, -0.15) is 0 Å². The Balaban J connectivity index is 1.62. The Kier molecular flexibility index (Phi) is 7.40. The average molecular weight is 460 g/mol. The van der Waals surface area contributed by atoms with E-state index in [-0.39, 0.29) is 11.3 Å². The molecule has 0 saturated carbocycles. The number of carbonyl (C=O) groups excluding carboxylic acids is 1. The van der Waals surface area contributed by atoms with Crippen LogP contribution < -0.4 is 14.4 Å². The third-order valence-electron chi connectivity index (χ3n) is 5.56. The van der Waals surface area contributed by atoms with Gasteiger partial charge in [-0.3, -0.25) is 9.69 Å². The van der Waals surface area contributed by atoms with E-state index < -0.39 is 0 Å². The SMILES string of the molecule is CCCCOc1ccc(/C=C2/S[C@H](c3ccc(C)cc3)N(c3ccc(OC)cc3)C2=O)cc1. The minimum atomic E-state index is -0.130. The summed E-state index contributed by atoms with van der Waals surface area (Å²) in [5, 5.41) is -0.130. The van der Waals surface area contributed by atoms with Gasteiger partial charge in [0.05, 0.1) is 18.6 Å². The van der Waals surface area contributed by atoms with Crippen LogP contribution in [0.4, 0.5) is 5.69 Å². The summed E-state index contributed by atoms with van der Waals surface area (Å²) in [4.78, 5) is 16.1. The van der Waals surface area contributed by atoms with Crippen molar-refractivity contribution in [2.75, 3.05) is 18.6 Å². The standard InChI is InChI=1S/C28H29NO3S/c1-4-5-18-32-25-14-8-21(9-15-25)19-26-27(30)29(23-12-16-24(31-3)17-13-23)28(33-26)22-10-6-20(2)7-11-22/h6-17,19,28H,4-5,18H2,1-3H3/b26-19+/t28-/m1/s1. The number of aryl methyl sites for hydroxylation is 1. The van der Waals surface area contributed by atoms with Gasteiger partial charge in [-0.1, -0.05) is 67.1 Å². The van der Waals surface area contributed by atoms with Crippen LogP contribution in [0.25, 0.3) is 6.08 Å². The van der Waals surface area contributed by atoms with E-state index in [4.69, 9.17) is 9.47 Å². The number of ether oxygens (including phenoxy) is 2. The number of unbranched alkanes of at least 4 members (excludes halogenated alkanes) is 1. The zero-order valence-electron chi connectivity index (χ0n) is 19.3. The molecule has 5 heteroatoms. The Hall–Kier alpha value is -3.18. The summed E-state index contributed by atoms with van der Waals surface area (Å²) in [6, 6.07) is 23.9. The van der Waals surface area contributed by atoms with Crippen molar-refractivity contribution < 1.29 is 14.3 Å². The second kappa shape index (κ2) is 10.6. The Labute approximate surface area is 200 Å². The van der Waals surface area contributed by atoms with Crippen molar-refractivity contribution in [3.8, 4) is 11.5 Å². The lowest BCUT2D eigenvalue weighted by atomic mass is 10.1. The molecule has 1 aliphatic heterocycles. The second-order valence-corrected chi connectivity index (χ2v) is 9.16. The molecule has 1 saturated heterocycles. The van der Waals surface area contributed by atoms with Crippen LogP contribution in [-0.4, -0.2) is 19.6 Å². The highest BCUT2D eigenvalue weighted by atomic mass is 32.2. The van der Waals surface area contributed by atoms with Gasteiger partial charge in [-0.25, -0.2) is 0 Å². The summed E-state index contributed by atoms with van der Waals surface area (Å²) >= 11 is 1.58. The Morgan fingerprint density at radius 1 is 0.939 bits per heavy atom. The van der Waals surface area contributed by atoms with Crippen molar-refractivity contribution in [3.63, 3.8) is 0 Å². The Morgan fingerprint density at radius 3 is 2.24 bits per heavy atom. The first-order chi connectivity index (χ1) is 16.1. The fraction of sp³-hybridized carbons (Fsp3) is 0.250. The van der Waals surface area contributed by atoms with Gasteiger partial charge < -0.3 is 9.47 Å². The molecule has 33 heavy (non-hydrogen) atoms. The lowest BCUT2D eigenvalue weighted by Gasteiger charge is -2.24. The fourth-order valence-electron chi connectivity index (χ4n) is 3.63. The van der Waals surface area contributed by atoms with Gasteiger partial charge in [-0.15, -0.1) is 0 Å². The number of hydrogen-bond acceptors (Lipinski definition) is 4. The molecule has 0 bridgehead atoms. The Bertz CT molecular complexity index is 1110. The number of rotatable bonds is 8. The molecule has 0 aliphatic carbocycles. The molecule has 0 N–H and O–H groups in total. The highest BCUT2D eigenvalue weighted by Crippen LogP contribution is 2.48. The Morgan fingerprint density at radius 2 is 1.61 bits per heavy atom. The number of nitrogens with zero attached hydrogens (tertiary/aromatic N) is 1. The van der Waals surface area contributed by atoms with Crippen LogP contribution in [0.5, 0.6) is 11.5 Å². The van der Waals surface area contributed by atoms with Gasteiger partial charge >= 0.3 is 0 Å². The number of methoxy groups -OCH3 is 1. The van der Waals surface area contributed by atoms with E-state index in [9.17, 15) is 4.79 Å². The smallest absolute Gasteiger partial charge is 0.266 e. The summed E-state index contributed by atoms with van der Waals surface area (Å²) in [6.45, 7) is 4.94. The van der Waals surface area contributed by atoms with E-state index in [0.717, 1.165) is 52.7 Å². The molecule has 1 aliphatic rings. The maximum absolute atomic E-state index is 13.5. The fourth-order valence-corrected chi connectivity index (χ4v) is 4.89. The average Bonchev–Trinajstić information content (AvgIpc) is 3.16. The molecule has 0 aromatic heterocycles. The predicted molar refractivity (Wildman–Crippen MR) is 137 cm³/mol. The largest absolute Gasteiger partial charge is 0.497 e. The van der Waals surface area contributed by atoms with Gasteiger partial charge in [0.2, 0.25) is 0 Å². The molecule has 1 fully saturated rings. The molecular weight excluding hydrogens is 430 g/mol. The molecule has 4 nitrogen and oxygen atoms in total. The van der Waals surface area contributed by atoms with E-state index in [1.54, 1.807) is 18.9 Å². The van der Waals surface area contributed by atoms with Crippen LogP contribution >= 0.6 is 11.8 Å². The minimum Gasteiger partial charge on any atom is -0.497 e. The van der Waals surface area contributed by atoms with Crippen LogP contribution in [0.15, 0.2) is 77.7 Å². The summed E-state index contributed by atoms with van der Waals surface area (Å²) < 4.78 is 11.1. The summed E-state index contributed by atoms with van der Waals surface area (Å²) in [5.41, 5.74) is 4.12. The number of anilines is 1. The van der Waals surface area contributed by atoms with Crippen LogP contribution in [-0.2, 0) is 4.79 Å². The number of amides is 1. The molecular formula is C28H29NO3S. The van der Waals surface area contributed by atoms with Crippen molar-refractivity contribution in [1.29, 1.82) is 0 Å². The first-order valence-electron chi connectivity index (χ1n) is 11.2. The summed E-state index contributed by atoms with van der Waals surface area (Å²) in [5.74, 6) is 1.62. The number of carbonyl (C=O) groups is 1. The zero-order chi connectivity index (χ0) is 23.2. The zero-order valence-corrected chi connectivity index (χ0v) is 20.1. The van der Waals surface area contributed by atoms with Crippen molar-refractivity contribution in [2.24, 2.45) is 0 Å². The van der Waals surface area contributed by atoms with Gasteiger partial charge in [0.15, 0.2) is 0 Å². The molecule has 3 aromatic rings. The predicted octanol–water partition coefficient (Wildman–Crippen LogP) is 7.00. The lowest BCUT2D eigenvalue weighted by Crippen LogP contribution is -2.27. The highest BCUT2D eigenvalue weighted by molar-refractivity contribution is 8.05. The molecule has 1 amide bonds. The van der Waals surface area contributed by atoms with E-state index in [1.165, 1.54) is 5.56 Å². The molecule has 1 heterocycles. The maximum Gasteiger partial charge on any atom is 0.266 e. The summed E-state index contributed by atoms with van der Waals surface area (Å²) in [7, 11) is 1.64. The van der Waals surface area contributed by atoms with Crippen LogP contribution in [0.1, 0.15) is 41.8 Å². The monoisotopic (exact) mass is 459 g/mol. The molecule has 4 rings (SSSR count). The van der Waals surface area contributed by atoms with Crippen molar-refractivity contribution in [2.45, 2.75) is 32.1 Å². The first kappa shape index (κ1) is 23.0. The van der Waals surface area contributed by atoms with Crippen molar-refractivity contribution in [1.82, 2.24) is 0 Å². The van der Waals surface area contributed by atoms with Crippen LogP contribution in [0.2, 0.25) is 0 Å². The molecule has 0 spiro atoms. The molecule has 0 unspecified atom stereocenters. The van der Waals surface area contributed by atoms with Crippen LogP contribution in [0.3, 0.4) is 0 Å². The number of benzene rings is 3. The van der Waals surface area contributed by atoms with E-state index in [0.29, 0.717) is 0 Å².